The average molecular weight is 428 g/mol. The molecule has 2 atom stereocenters. The Bertz CT molecular complexity index is 724. The molecule has 0 bridgehead atoms. The molecule has 1 aromatic carbocycles. The molecule has 3 rings (SSSR count). The molecule has 168 valence electrons. The van der Waals surface area contributed by atoms with Gasteiger partial charge in [-0.1, -0.05) is 6.07 Å². The maximum Gasteiger partial charge on any atom is 0.255 e. The number of hydrogen-bond acceptors (Lipinski definition) is 4. The van der Waals surface area contributed by atoms with Crippen LogP contribution >= 0.6 is 0 Å². The van der Waals surface area contributed by atoms with E-state index in [1.807, 2.05) is 6.92 Å². The second-order valence-corrected chi connectivity index (χ2v) is 8.52. The molecule has 1 aromatic rings. The third-order valence-corrected chi connectivity index (χ3v) is 5.74. The molecular weight excluding hydrogens is 397 g/mol. The first-order valence-electron chi connectivity index (χ1n) is 10.6. The fourth-order valence-corrected chi connectivity index (χ4v) is 3.76. The maximum atomic E-state index is 14.3. The molecule has 0 aliphatic heterocycles. The standard InChI is InChI=1S/C22H31F3N2O3/c1-14(27-15(2)28)11-26-18-4-7-19(8-5-18)29-12-16-3-6-20(9-21(16)23)30-13-17-10-22(17,24)25/h3,6,9,14,17-19,26H,4-5,7-8,10-13H2,1-2H3,(H,27,28)/t14-,17?,18?,19?/m0/s1. The lowest BCUT2D eigenvalue weighted by Gasteiger charge is -2.30. The molecule has 0 radical (unpaired) electrons. The van der Waals surface area contributed by atoms with Gasteiger partial charge in [0.05, 0.1) is 25.2 Å². The normalized spacial score (nSPS) is 26.1. The first-order valence-corrected chi connectivity index (χ1v) is 10.6. The van der Waals surface area contributed by atoms with Crippen molar-refractivity contribution in [1.29, 1.82) is 0 Å². The lowest BCUT2D eigenvalue weighted by molar-refractivity contribution is -0.119. The zero-order valence-corrected chi connectivity index (χ0v) is 17.6. The summed E-state index contributed by atoms with van der Waals surface area (Å²) in [4.78, 5) is 11.0. The summed E-state index contributed by atoms with van der Waals surface area (Å²) in [5, 5.41) is 6.33. The van der Waals surface area contributed by atoms with Gasteiger partial charge in [-0.25, -0.2) is 13.2 Å². The Morgan fingerprint density at radius 3 is 2.57 bits per heavy atom. The molecule has 2 N–H and O–H groups in total. The number of carbonyl (C=O) groups excluding carboxylic acids is 1. The molecule has 2 aliphatic carbocycles. The van der Waals surface area contributed by atoms with Crippen molar-refractivity contribution in [2.24, 2.45) is 5.92 Å². The zero-order valence-electron chi connectivity index (χ0n) is 17.6. The van der Waals surface area contributed by atoms with E-state index >= 15 is 0 Å². The SMILES string of the molecule is CC(=O)N[C@@H](C)CNC1CCC(OCc2ccc(OCC3CC3(F)F)cc2F)CC1. The largest absolute Gasteiger partial charge is 0.493 e. The van der Waals surface area contributed by atoms with Gasteiger partial charge in [0.1, 0.15) is 11.6 Å². The van der Waals surface area contributed by atoms with E-state index in [1.54, 1.807) is 12.1 Å². The third kappa shape index (κ3) is 6.87. The average Bonchev–Trinajstić information content (AvgIpc) is 3.31. The van der Waals surface area contributed by atoms with Gasteiger partial charge in [-0.2, -0.15) is 0 Å². The first-order chi connectivity index (χ1) is 14.2. The molecule has 2 aliphatic rings. The van der Waals surface area contributed by atoms with Crippen molar-refractivity contribution in [3.8, 4) is 5.75 Å². The molecule has 0 aromatic heterocycles. The number of halogens is 3. The lowest BCUT2D eigenvalue weighted by atomic mass is 9.93. The molecule has 0 saturated heterocycles. The molecule has 1 unspecified atom stereocenters. The molecule has 30 heavy (non-hydrogen) atoms. The van der Waals surface area contributed by atoms with Crippen LogP contribution in [0.15, 0.2) is 18.2 Å². The monoisotopic (exact) mass is 428 g/mol. The van der Waals surface area contributed by atoms with Crippen LogP contribution in [-0.4, -0.2) is 43.2 Å². The van der Waals surface area contributed by atoms with Gasteiger partial charge in [0.25, 0.3) is 5.92 Å². The molecule has 2 saturated carbocycles. The highest BCUT2D eigenvalue weighted by Gasteiger charge is 2.57. The van der Waals surface area contributed by atoms with Crippen LogP contribution < -0.4 is 15.4 Å². The predicted octanol–water partition coefficient (Wildman–Crippen LogP) is 3.80. The summed E-state index contributed by atoms with van der Waals surface area (Å²) < 4.78 is 51.2. The van der Waals surface area contributed by atoms with E-state index in [9.17, 15) is 18.0 Å². The minimum atomic E-state index is -2.63. The van der Waals surface area contributed by atoms with Crippen molar-refractivity contribution in [3.63, 3.8) is 0 Å². The number of rotatable bonds is 10. The van der Waals surface area contributed by atoms with Gasteiger partial charge in [-0.3, -0.25) is 4.79 Å². The molecular formula is C22H31F3N2O3. The van der Waals surface area contributed by atoms with Crippen molar-refractivity contribution in [2.45, 2.75) is 76.7 Å². The van der Waals surface area contributed by atoms with Crippen LogP contribution in [0.4, 0.5) is 13.2 Å². The molecule has 2 fully saturated rings. The Balaban J connectivity index is 1.34. The topological polar surface area (TPSA) is 59.6 Å². The fraction of sp³-hybridized carbons (Fsp3) is 0.682. The summed E-state index contributed by atoms with van der Waals surface area (Å²) in [6, 6.07) is 4.90. The van der Waals surface area contributed by atoms with Gasteiger partial charge >= 0.3 is 0 Å². The van der Waals surface area contributed by atoms with Gasteiger partial charge < -0.3 is 20.1 Å². The van der Waals surface area contributed by atoms with Crippen molar-refractivity contribution in [3.05, 3.63) is 29.6 Å². The minimum absolute atomic E-state index is 0.0299. The van der Waals surface area contributed by atoms with Crippen LogP contribution in [0.25, 0.3) is 0 Å². The van der Waals surface area contributed by atoms with E-state index in [0.29, 0.717) is 11.6 Å². The smallest absolute Gasteiger partial charge is 0.255 e. The summed E-state index contributed by atoms with van der Waals surface area (Å²) in [5.41, 5.74) is 0.434. The van der Waals surface area contributed by atoms with Crippen LogP contribution in [0.3, 0.4) is 0 Å². The first kappa shape index (κ1) is 22.9. The van der Waals surface area contributed by atoms with E-state index in [1.165, 1.54) is 13.0 Å². The van der Waals surface area contributed by atoms with Crippen LogP contribution in [0, 0.1) is 11.7 Å². The Morgan fingerprint density at radius 2 is 1.97 bits per heavy atom. The Hall–Kier alpha value is -1.80. The second-order valence-electron chi connectivity index (χ2n) is 8.52. The van der Waals surface area contributed by atoms with E-state index in [0.717, 1.165) is 32.2 Å². The van der Waals surface area contributed by atoms with Crippen LogP contribution in [0.2, 0.25) is 0 Å². The third-order valence-electron chi connectivity index (χ3n) is 5.74. The number of amides is 1. The Morgan fingerprint density at radius 1 is 1.27 bits per heavy atom. The van der Waals surface area contributed by atoms with Crippen LogP contribution in [-0.2, 0) is 16.1 Å². The Labute approximate surface area is 175 Å². The zero-order chi connectivity index (χ0) is 21.7. The number of nitrogens with one attached hydrogen (secondary N) is 2. The molecule has 8 heteroatoms. The highest BCUT2D eigenvalue weighted by atomic mass is 19.3. The highest BCUT2D eigenvalue weighted by molar-refractivity contribution is 5.73. The van der Waals surface area contributed by atoms with Crippen molar-refractivity contribution in [1.82, 2.24) is 10.6 Å². The van der Waals surface area contributed by atoms with Gasteiger partial charge in [0.2, 0.25) is 5.91 Å². The van der Waals surface area contributed by atoms with Gasteiger partial charge in [-0.15, -0.1) is 0 Å². The minimum Gasteiger partial charge on any atom is -0.493 e. The Kier molecular flexibility index (Phi) is 7.63. The number of benzene rings is 1. The quantitative estimate of drug-likeness (QED) is 0.595. The maximum absolute atomic E-state index is 14.3. The summed E-state index contributed by atoms with van der Waals surface area (Å²) in [6.45, 7) is 4.29. The van der Waals surface area contributed by atoms with Crippen molar-refractivity contribution < 1.29 is 27.4 Å². The van der Waals surface area contributed by atoms with Gasteiger partial charge in [0, 0.05) is 43.6 Å². The summed E-state index contributed by atoms with van der Waals surface area (Å²) in [6.07, 6.45) is 3.66. The molecule has 5 nitrogen and oxygen atoms in total. The fourth-order valence-electron chi connectivity index (χ4n) is 3.76. The van der Waals surface area contributed by atoms with E-state index in [2.05, 4.69) is 10.6 Å². The highest BCUT2D eigenvalue weighted by Crippen LogP contribution is 2.48. The lowest BCUT2D eigenvalue weighted by Crippen LogP contribution is -2.44. The molecule has 0 heterocycles. The van der Waals surface area contributed by atoms with E-state index in [4.69, 9.17) is 9.47 Å². The number of carbonyl (C=O) groups is 1. The van der Waals surface area contributed by atoms with Crippen LogP contribution in [0.5, 0.6) is 5.75 Å². The predicted molar refractivity (Wildman–Crippen MR) is 107 cm³/mol. The van der Waals surface area contributed by atoms with E-state index in [-0.39, 0.29) is 43.4 Å². The van der Waals surface area contributed by atoms with Gasteiger partial charge in [0.15, 0.2) is 0 Å². The molecule has 1 amide bonds. The summed E-state index contributed by atoms with van der Waals surface area (Å²) >= 11 is 0. The van der Waals surface area contributed by atoms with Gasteiger partial charge in [-0.05, 0) is 38.7 Å². The van der Waals surface area contributed by atoms with Crippen molar-refractivity contribution >= 4 is 5.91 Å². The number of alkyl halides is 2. The number of ether oxygens (including phenoxy) is 2. The second kappa shape index (κ2) is 10.0. The van der Waals surface area contributed by atoms with Crippen molar-refractivity contribution in [2.75, 3.05) is 13.2 Å². The van der Waals surface area contributed by atoms with E-state index < -0.39 is 17.7 Å². The molecule has 0 spiro atoms. The number of hydrogen-bond donors (Lipinski definition) is 2. The summed E-state index contributed by atoms with van der Waals surface area (Å²) in [7, 11) is 0. The summed E-state index contributed by atoms with van der Waals surface area (Å²) in [5.74, 6) is -3.61. The van der Waals surface area contributed by atoms with Crippen LogP contribution in [0.1, 0.15) is 51.5 Å².